The first-order chi connectivity index (χ1) is 13.8. The normalized spacial score (nSPS) is 17.1. The average molecular weight is 428 g/mol. The molecule has 3 aromatic carbocycles. The predicted octanol–water partition coefficient (Wildman–Crippen LogP) is 4.30. The molecule has 1 aliphatic rings. The number of nitrogens with one attached hydrogen (secondary N) is 3. The Labute approximate surface area is 174 Å². The van der Waals surface area contributed by atoms with Crippen LogP contribution in [0.5, 0.6) is 0 Å². The number of sulfonamides is 1. The summed E-state index contributed by atoms with van der Waals surface area (Å²) in [6.45, 7) is 1.92. The van der Waals surface area contributed by atoms with E-state index in [4.69, 9.17) is 11.6 Å². The molecule has 1 amide bonds. The lowest BCUT2D eigenvalue weighted by Gasteiger charge is -2.28. The summed E-state index contributed by atoms with van der Waals surface area (Å²) in [4.78, 5) is 12.7. The number of para-hydroxylation sites is 1. The fraction of sp³-hybridized carbons (Fsp3) is 0.0952. The van der Waals surface area contributed by atoms with Crippen molar-refractivity contribution in [2.75, 3.05) is 10.6 Å². The second kappa shape index (κ2) is 7.51. The number of anilines is 2. The van der Waals surface area contributed by atoms with Crippen molar-refractivity contribution < 1.29 is 13.2 Å². The molecule has 1 aliphatic heterocycles. The van der Waals surface area contributed by atoms with E-state index in [0.29, 0.717) is 27.5 Å². The molecular weight excluding hydrogens is 410 g/mol. The molecule has 0 saturated carbocycles. The average Bonchev–Trinajstić information content (AvgIpc) is 2.69. The van der Waals surface area contributed by atoms with Crippen molar-refractivity contribution in [2.24, 2.45) is 0 Å². The summed E-state index contributed by atoms with van der Waals surface area (Å²) >= 11 is 6.17. The Morgan fingerprint density at radius 3 is 2.48 bits per heavy atom. The number of carbonyl (C=O) groups excluding carboxylic acids is 1. The first-order valence-electron chi connectivity index (χ1n) is 8.89. The van der Waals surface area contributed by atoms with Crippen molar-refractivity contribution in [3.63, 3.8) is 0 Å². The third-order valence-electron chi connectivity index (χ3n) is 4.63. The first-order valence-corrected chi connectivity index (χ1v) is 10.7. The zero-order chi connectivity index (χ0) is 20.6. The molecule has 29 heavy (non-hydrogen) atoms. The fourth-order valence-electron chi connectivity index (χ4n) is 3.12. The van der Waals surface area contributed by atoms with Crippen molar-refractivity contribution in [1.29, 1.82) is 0 Å². The van der Waals surface area contributed by atoms with Gasteiger partial charge in [-0.1, -0.05) is 41.9 Å². The van der Waals surface area contributed by atoms with Crippen LogP contribution >= 0.6 is 11.6 Å². The summed E-state index contributed by atoms with van der Waals surface area (Å²) in [7, 11) is -3.62. The van der Waals surface area contributed by atoms with Crippen LogP contribution in [-0.2, 0) is 10.0 Å². The van der Waals surface area contributed by atoms with Crippen LogP contribution in [0.2, 0.25) is 5.02 Å². The highest BCUT2D eigenvalue weighted by molar-refractivity contribution is 7.89. The molecule has 4 rings (SSSR count). The lowest BCUT2D eigenvalue weighted by atomic mass is 10.1. The summed E-state index contributed by atoms with van der Waals surface area (Å²) < 4.78 is 27.5. The molecule has 3 N–H and O–H groups in total. The van der Waals surface area contributed by atoms with Crippen LogP contribution in [0.25, 0.3) is 0 Å². The van der Waals surface area contributed by atoms with Gasteiger partial charge in [-0.3, -0.25) is 4.79 Å². The zero-order valence-corrected chi connectivity index (χ0v) is 17.0. The number of fused-ring (bicyclic) bond motifs is 1. The Bertz CT molecular complexity index is 1190. The fourth-order valence-corrected chi connectivity index (χ4v) is 4.71. The van der Waals surface area contributed by atoms with E-state index in [1.165, 1.54) is 0 Å². The Morgan fingerprint density at radius 1 is 1.03 bits per heavy atom. The molecule has 0 radical (unpaired) electrons. The van der Waals surface area contributed by atoms with E-state index >= 15 is 0 Å². The van der Waals surface area contributed by atoms with E-state index < -0.39 is 16.2 Å². The summed E-state index contributed by atoms with van der Waals surface area (Å²) in [6, 6.07) is 18.8. The molecule has 148 valence electrons. The number of aryl methyl sites for hydroxylation is 1. The zero-order valence-electron chi connectivity index (χ0n) is 15.4. The molecular formula is C21H18ClN3O3S. The maximum atomic E-state index is 12.5. The van der Waals surface area contributed by atoms with Crippen LogP contribution in [0.15, 0.2) is 71.6 Å². The van der Waals surface area contributed by atoms with Crippen LogP contribution in [-0.4, -0.2) is 14.3 Å². The number of rotatable bonds is 3. The minimum atomic E-state index is -3.62. The summed E-state index contributed by atoms with van der Waals surface area (Å²) in [6.07, 6.45) is -0.626. The molecule has 0 aromatic heterocycles. The van der Waals surface area contributed by atoms with Crippen LogP contribution in [0.3, 0.4) is 0 Å². The second-order valence-corrected chi connectivity index (χ2v) is 8.84. The van der Waals surface area contributed by atoms with Gasteiger partial charge in [0.25, 0.3) is 5.91 Å². The molecule has 0 spiro atoms. The minimum Gasteiger partial charge on any atom is -0.364 e. The highest BCUT2D eigenvalue weighted by Gasteiger charge is 2.29. The van der Waals surface area contributed by atoms with Gasteiger partial charge < -0.3 is 10.6 Å². The molecule has 1 heterocycles. The first kappa shape index (κ1) is 19.4. The standard InChI is InChI=1S/C21H18ClN3O3S/c1-13-6-11-17(16(22)12-13)24-21(26)15-9-7-14(8-10-15)20-23-18-4-2-3-5-19(18)29(27,28)25-20/h2-12,20,23,25H,1H3,(H,24,26)/t20-/m0/s1. The van der Waals surface area contributed by atoms with E-state index in [-0.39, 0.29) is 10.8 Å². The smallest absolute Gasteiger partial charge is 0.255 e. The van der Waals surface area contributed by atoms with Gasteiger partial charge in [0.05, 0.1) is 16.4 Å². The number of amides is 1. The lowest BCUT2D eigenvalue weighted by molar-refractivity contribution is 0.102. The number of benzene rings is 3. The molecule has 0 bridgehead atoms. The van der Waals surface area contributed by atoms with Gasteiger partial charge in [-0.15, -0.1) is 0 Å². The monoisotopic (exact) mass is 427 g/mol. The summed E-state index contributed by atoms with van der Waals surface area (Å²) in [5, 5.41) is 6.41. The predicted molar refractivity (Wildman–Crippen MR) is 114 cm³/mol. The molecule has 0 unspecified atom stereocenters. The van der Waals surface area contributed by atoms with E-state index in [1.807, 2.05) is 13.0 Å². The van der Waals surface area contributed by atoms with Crippen molar-refractivity contribution in [3.05, 3.63) is 88.4 Å². The maximum Gasteiger partial charge on any atom is 0.255 e. The van der Waals surface area contributed by atoms with E-state index in [2.05, 4.69) is 15.4 Å². The topological polar surface area (TPSA) is 87.3 Å². The van der Waals surface area contributed by atoms with E-state index in [0.717, 1.165) is 5.56 Å². The molecule has 1 atom stereocenters. The largest absolute Gasteiger partial charge is 0.364 e. The Morgan fingerprint density at radius 2 is 1.76 bits per heavy atom. The van der Waals surface area contributed by atoms with Crippen molar-refractivity contribution in [1.82, 2.24) is 4.72 Å². The molecule has 3 aromatic rings. The van der Waals surface area contributed by atoms with Gasteiger partial charge in [0.15, 0.2) is 0 Å². The second-order valence-electron chi connectivity index (χ2n) is 6.75. The third-order valence-corrected chi connectivity index (χ3v) is 6.42. The SMILES string of the molecule is Cc1ccc(NC(=O)c2ccc([C@H]3Nc4ccccc4S(=O)(=O)N3)cc2)c(Cl)c1. The van der Waals surface area contributed by atoms with Crippen LogP contribution in [0.4, 0.5) is 11.4 Å². The van der Waals surface area contributed by atoms with Gasteiger partial charge >= 0.3 is 0 Å². The number of halogens is 1. The Hall–Kier alpha value is -2.87. The maximum absolute atomic E-state index is 12.5. The highest BCUT2D eigenvalue weighted by Crippen LogP contribution is 2.31. The molecule has 6 nitrogen and oxygen atoms in total. The highest BCUT2D eigenvalue weighted by atomic mass is 35.5. The van der Waals surface area contributed by atoms with Gasteiger partial charge in [-0.2, -0.15) is 4.72 Å². The molecule has 0 saturated heterocycles. The lowest BCUT2D eigenvalue weighted by Crippen LogP contribution is -2.38. The van der Waals surface area contributed by atoms with Gasteiger partial charge in [0.1, 0.15) is 11.1 Å². The Kier molecular flexibility index (Phi) is 5.04. The van der Waals surface area contributed by atoms with Crippen molar-refractivity contribution in [2.45, 2.75) is 18.0 Å². The third kappa shape index (κ3) is 3.98. The van der Waals surface area contributed by atoms with Gasteiger partial charge in [-0.25, -0.2) is 8.42 Å². The van der Waals surface area contributed by atoms with Gasteiger partial charge in [0.2, 0.25) is 10.0 Å². The van der Waals surface area contributed by atoms with Gasteiger partial charge in [0, 0.05) is 5.56 Å². The molecule has 0 aliphatic carbocycles. The van der Waals surface area contributed by atoms with Crippen molar-refractivity contribution >= 4 is 38.9 Å². The number of hydrogen-bond donors (Lipinski definition) is 3. The van der Waals surface area contributed by atoms with E-state index in [9.17, 15) is 13.2 Å². The van der Waals surface area contributed by atoms with E-state index in [1.54, 1.807) is 60.7 Å². The summed E-state index contributed by atoms with van der Waals surface area (Å²) in [5.74, 6) is -0.301. The van der Waals surface area contributed by atoms with Crippen LogP contribution in [0.1, 0.15) is 27.7 Å². The van der Waals surface area contributed by atoms with Crippen LogP contribution < -0.4 is 15.4 Å². The van der Waals surface area contributed by atoms with Crippen LogP contribution in [0, 0.1) is 6.92 Å². The molecule has 8 heteroatoms. The quantitative estimate of drug-likeness (QED) is 0.581. The molecule has 0 fully saturated rings. The number of hydrogen-bond acceptors (Lipinski definition) is 4. The van der Waals surface area contributed by atoms with Gasteiger partial charge in [-0.05, 0) is 54.4 Å². The summed E-state index contributed by atoms with van der Waals surface area (Å²) in [5.41, 5.74) is 3.19. The minimum absolute atomic E-state index is 0.210. The van der Waals surface area contributed by atoms with Crippen molar-refractivity contribution in [3.8, 4) is 0 Å². The number of carbonyl (C=O) groups is 1. The Balaban J connectivity index is 1.53.